The molecule has 1 amide bonds. The highest BCUT2D eigenvalue weighted by atomic mass is 16.2. The first-order chi connectivity index (χ1) is 13.1. The summed E-state index contributed by atoms with van der Waals surface area (Å²) in [6.45, 7) is 6.48. The van der Waals surface area contributed by atoms with E-state index in [9.17, 15) is 4.79 Å². The summed E-state index contributed by atoms with van der Waals surface area (Å²) in [5.74, 6) is 1.03. The lowest BCUT2D eigenvalue weighted by molar-refractivity contribution is -0.135. The van der Waals surface area contributed by atoms with Gasteiger partial charge >= 0.3 is 0 Å². The molecule has 3 heterocycles. The highest BCUT2D eigenvalue weighted by Gasteiger charge is 2.26. The minimum absolute atomic E-state index is 0.0714. The largest absolute Gasteiger partial charge is 0.351 e. The summed E-state index contributed by atoms with van der Waals surface area (Å²) in [6, 6.07) is 10.7. The minimum Gasteiger partial charge on any atom is -0.351 e. The van der Waals surface area contributed by atoms with Crippen molar-refractivity contribution < 1.29 is 4.79 Å². The maximum absolute atomic E-state index is 12.1. The Morgan fingerprint density at radius 2 is 1.89 bits per heavy atom. The molecule has 0 unspecified atom stereocenters. The van der Waals surface area contributed by atoms with Crippen molar-refractivity contribution in [3.8, 4) is 0 Å². The van der Waals surface area contributed by atoms with E-state index < -0.39 is 0 Å². The number of amides is 1. The Morgan fingerprint density at radius 3 is 2.59 bits per heavy atom. The molecule has 1 saturated heterocycles. The molecule has 27 heavy (non-hydrogen) atoms. The first-order valence-electron chi connectivity index (χ1n) is 9.85. The number of aromatic nitrogens is 2. The fourth-order valence-corrected chi connectivity index (χ4v) is 3.90. The molecule has 2 aromatic rings. The molecule has 2 aliphatic rings. The van der Waals surface area contributed by atoms with Gasteiger partial charge in [-0.15, -0.1) is 0 Å². The van der Waals surface area contributed by atoms with E-state index >= 15 is 0 Å². The predicted octanol–water partition coefficient (Wildman–Crippen LogP) is 3.23. The monoisotopic (exact) mass is 365 g/mol. The average molecular weight is 365 g/mol. The van der Waals surface area contributed by atoms with Crippen molar-refractivity contribution in [1.82, 2.24) is 14.9 Å². The van der Waals surface area contributed by atoms with E-state index in [1.165, 1.54) is 5.69 Å². The number of carbonyl (C=O) groups excluding carboxylic acids is 1. The van der Waals surface area contributed by atoms with Gasteiger partial charge < -0.3 is 15.1 Å². The second kappa shape index (κ2) is 7.55. The third kappa shape index (κ3) is 3.75. The average Bonchev–Trinajstić information content (AvgIpc) is 3.12. The van der Waals surface area contributed by atoms with Crippen LogP contribution in [0, 0.1) is 5.92 Å². The quantitative estimate of drug-likeness (QED) is 0.901. The van der Waals surface area contributed by atoms with Crippen LogP contribution in [0.1, 0.15) is 32.4 Å². The molecule has 1 aromatic heterocycles. The number of carbonyl (C=O) groups is 1. The number of piperidine rings is 1. The van der Waals surface area contributed by atoms with Crippen molar-refractivity contribution >= 4 is 23.2 Å². The summed E-state index contributed by atoms with van der Waals surface area (Å²) in [7, 11) is 0. The zero-order valence-corrected chi connectivity index (χ0v) is 16.1. The number of nitrogens with zero attached hydrogens (tertiary/aromatic N) is 4. The van der Waals surface area contributed by atoms with E-state index in [-0.39, 0.29) is 11.8 Å². The summed E-state index contributed by atoms with van der Waals surface area (Å²) >= 11 is 0. The molecule has 0 radical (unpaired) electrons. The highest BCUT2D eigenvalue weighted by Crippen LogP contribution is 2.33. The van der Waals surface area contributed by atoms with Gasteiger partial charge in [0.05, 0.1) is 17.6 Å². The van der Waals surface area contributed by atoms with Crippen LogP contribution in [0.25, 0.3) is 0 Å². The lowest BCUT2D eigenvalue weighted by Gasteiger charge is -2.33. The number of nitrogens with one attached hydrogen (secondary N) is 1. The second-order valence-corrected chi connectivity index (χ2v) is 7.66. The van der Waals surface area contributed by atoms with Gasteiger partial charge in [-0.1, -0.05) is 32.0 Å². The first kappa shape index (κ1) is 17.8. The normalized spacial score (nSPS) is 17.3. The lowest BCUT2D eigenvalue weighted by atomic mass is 10.0. The van der Waals surface area contributed by atoms with E-state index in [1.54, 1.807) is 0 Å². The van der Waals surface area contributed by atoms with E-state index in [1.807, 2.05) is 31.0 Å². The van der Waals surface area contributed by atoms with Gasteiger partial charge in [0.2, 0.25) is 11.9 Å². The molecule has 1 N–H and O–H groups in total. The van der Waals surface area contributed by atoms with E-state index in [2.05, 4.69) is 39.5 Å². The standard InChI is InChI=1S/C21H27N5O/c1-15(2)20(27)25-11-8-16(9-12-25)23-21-22-14-19-18(24-21)10-13-26(19)17-6-4-3-5-7-17/h3-7,14-16H,8-13H2,1-2H3,(H,22,23,24). The molecule has 6 nitrogen and oxygen atoms in total. The number of fused-ring (bicyclic) bond motifs is 1. The van der Waals surface area contributed by atoms with Gasteiger partial charge in [0.1, 0.15) is 0 Å². The number of rotatable bonds is 4. The maximum Gasteiger partial charge on any atom is 0.225 e. The number of benzene rings is 1. The van der Waals surface area contributed by atoms with Crippen molar-refractivity contribution in [3.05, 3.63) is 42.2 Å². The number of likely N-dealkylation sites (tertiary alicyclic amines) is 1. The SMILES string of the molecule is CC(C)C(=O)N1CCC(Nc2ncc3c(n2)CCN3c2ccccc2)CC1. The molecule has 0 atom stereocenters. The molecule has 0 saturated carbocycles. The van der Waals surface area contributed by atoms with Crippen LogP contribution < -0.4 is 10.2 Å². The molecular weight excluding hydrogens is 338 g/mol. The van der Waals surface area contributed by atoms with Crippen molar-refractivity contribution in [2.75, 3.05) is 29.9 Å². The molecule has 0 spiro atoms. The summed E-state index contributed by atoms with van der Waals surface area (Å²) in [4.78, 5) is 25.7. The molecule has 0 aliphatic carbocycles. The predicted molar refractivity (Wildman–Crippen MR) is 107 cm³/mol. The van der Waals surface area contributed by atoms with Gasteiger partial charge in [-0.25, -0.2) is 9.97 Å². The van der Waals surface area contributed by atoms with Crippen LogP contribution in [0.5, 0.6) is 0 Å². The Balaban J connectivity index is 1.39. The van der Waals surface area contributed by atoms with Crippen LogP contribution in [0.3, 0.4) is 0 Å². The molecule has 0 bridgehead atoms. The van der Waals surface area contributed by atoms with Crippen LogP contribution in [0.2, 0.25) is 0 Å². The van der Waals surface area contributed by atoms with Gasteiger partial charge in [0, 0.05) is 43.7 Å². The van der Waals surface area contributed by atoms with Crippen molar-refractivity contribution in [2.24, 2.45) is 5.92 Å². The zero-order valence-electron chi connectivity index (χ0n) is 16.1. The molecule has 1 aromatic carbocycles. The number of hydrogen-bond donors (Lipinski definition) is 1. The van der Waals surface area contributed by atoms with Gasteiger partial charge in [0.25, 0.3) is 0 Å². The Morgan fingerprint density at radius 1 is 1.15 bits per heavy atom. The Hall–Kier alpha value is -2.63. The first-order valence-corrected chi connectivity index (χ1v) is 9.85. The maximum atomic E-state index is 12.1. The fraction of sp³-hybridized carbons (Fsp3) is 0.476. The third-order valence-electron chi connectivity index (χ3n) is 5.41. The molecule has 2 aliphatic heterocycles. The topological polar surface area (TPSA) is 61.4 Å². The third-order valence-corrected chi connectivity index (χ3v) is 5.41. The number of hydrogen-bond acceptors (Lipinski definition) is 5. The van der Waals surface area contributed by atoms with Crippen molar-refractivity contribution in [2.45, 2.75) is 39.2 Å². The van der Waals surface area contributed by atoms with Crippen LogP contribution in [0.4, 0.5) is 17.3 Å². The molecular formula is C21H27N5O. The second-order valence-electron chi connectivity index (χ2n) is 7.66. The zero-order chi connectivity index (χ0) is 18.8. The number of anilines is 3. The highest BCUT2D eigenvalue weighted by molar-refractivity contribution is 5.78. The Labute approximate surface area is 160 Å². The van der Waals surface area contributed by atoms with Gasteiger partial charge in [-0.05, 0) is 25.0 Å². The minimum atomic E-state index is 0.0714. The smallest absolute Gasteiger partial charge is 0.225 e. The lowest BCUT2D eigenvalue weighted by Crippen LogP contribution is -2.44. The van der Waals surface area contributed by atoms with Crippen molar-refractivity contribution in [3.63, 3.8) is 0 Å². The summed E-state index contributed by atoms with van der Waals surface area (Å²) in [6.07, 6.45) is 4.74. The summed E-state index contributed by atoms with van der Waals surface area (Å²) in [5.41, 5.74) is 3.38. The molecule has 6 heteroatoms. The molecule has 1 fully saturated rings. The van der Waals surface area contributed by atoms with Crippen LogP contribution in [-0.4, -0.2) is 46.5 Å². The van der Waals surface area contributed by atoms with Crippen LogP contribution >= 0.6 is 0 Å². The van der Waals surface area contributed by atoms with Gasteiger partial charge in [-0.3, -0.25) is 4.79 Å². The Kier molecular flexibility index (Phi) is 4.97. The van der Waals surface area contributed by atoms with E-state index in [4.69, 9.17) is 4.98 Å². The van der Waals surface area contributed by atoms with Crippen LogP contribution in [0.15, 0.2) is 36.5 Å². The van der Waals surface area contributed by atoms with E-state index in [0.717, 1.165) is 50.3 Å². The van der Waals surface area contributed by atoms with Crippen LogP contribution in [-0.2, 0) is 11.2 Å². The van der Waals surface area contributed by atoms with Gasteiger partial charge in [-0.2, -0.15) is 0 Å². The number of para-hydroxylation sites is 1. The summed E-state index contributed by atoms with van der Waals surface area (Å²) < 4.78 is 0. The fourth-order valence-electron chi connectivity index (χ4n) is 3.90. The van der Waals surface area contributed by atoms with Gasteiger partial charge in [0.15, 0.2) is 0 Å². The molecule has 4 rings (SSSR count). The summed E-state index contributed by atoms with van der Waals surface area (Å²) in [5, 5.41) is 3.48. The molecule has 142 valence electrons. The van der Waals surface area contributed by atoms with E-state index in [0.29, 0.717) is 12.0 Å². The van der Waals surface area contributed by atoms with Crippen molar-refractivity contribution in [1.29, 1.82) is 0 Å². The Bertz CT molecular complexity index is 799.